The number of nitrogens with one attached hydrogen (secondary N) is 1. The Balaban J connectivity index is 2.28. The van der Waals surface area contributed by atoms with Gasteiger partial charge in [-0.2, -0.15) is 26.3 Å². The number of carbonyl (C=O) groups is 2. The highest BCUT2D eigenvalue weighted by Gasteiger charge is 2.38. The van der Waals surface area contributed by atoms with Gasteiger partial charge in [-0.3, -0.25) is 13.9 Å². The predicted molar refractivity (Wildman–Crippen MR) is 102 cm³/mol. The van der Waals surface area contributed by atoms with Gasteiger partial charge in [-0.05, 0) is 24.3 Å². The van der Waals surface area contributed by atoms with E-state index in [1.165, 1.54) is 5.32 Å². The number of hydrogen-bond acceptors (Lipinski definition) is 4. The highest BCUT2D eigenvalue weighted by atomic mass is 32.2. The molecule has 180 valence electrons. The van der Waals surface area contributed by atoms with E-state index in [1.54, 1.807) is 0 Å². The van der Waals surface area contributed by atoms with Gasteiger partial charge in [0.05, 0.1) is 30.6 Å². The summed E-state index contributed by atoms with van der Waals surface area (Å²) < 4.78 is 115. The van der Waals surface area contributed by atoms with Gasteiger partial charge in [-0.1, -0.05) is 18.2 Å². The van der Waals surface area contributed by atoms with E-state index in [0.717, 1.165) is 30.3 Å². The molecule has 1 amide bonds. The van der Waals surface area contributed by atoms with Gasteiger partial charge in [0.25, 0.3) is 0 Å². The van der Waals surface area contributed by atoms with Crippen molar-refractivity contribution in [3.05, 3.63) is 65.0 Å². The van der Waals surface area contributed by atoms with Gasteiger partial charge in [0, 0.05) is 11.1 Å². The second kappa shape index (κ2) is 9.37. The molecule has 0 heterocycles. The molecule has 0 aliphatic carbocycles. The van der Waals surface area contributed by atoms with Crippen LogP contribution in [0.15, 0.2) is 42.5 Å². The number of anilines is 1. The summed E-state index contributed by atoms with van der Waals surface area (Å²) in [7, 11) is -4.18. The van der Waals surface area contributed by atoms with Crippen molar-refractivity contribution in [1.82, 2.24) is 5.32 Å². The molecular formula is C19H15F7N2O4S. The van der Waals surface area contributed by atoms with Crippen molar-refractivity contribution < 1.29 is 48.7 Å². The van der Waals surface area contributed by atoms with Crippen LogP contribution >= 0.6 is 0 Å². The number of nitrogens with zero attached hydrogens (tertiary/aromatic N) is 1. The average Bonchev–Trinajstić information content (AvgIpc) is 2.68. The third-order valence-corrected chi connectivity index (χ3v) is 5.36. The zero-order chi connectivity index (χ0) is 25.2. The Bertz CT molecular complexity index is 1160. The number of hydrogen-bond donors (Lipinski definition) is 1. The molecule has 0 spiro atoms. The molecule has 0 radical (unpaired) electrons. The number of rotatable bonds is 7. The van der Waals surface area contributed by atoms with E-state index in [0.29, 0.717) is 22.7 Å². The molecule has 0 saturated carbocycles. The number of benzene rings is 2. The zero-order valence-corrected chi connectivity index (χ0v) is 17.4. The van der Waals surface area contributed by atoms with Gasteiger partial charge < -0.3 is 5.32 Å². The van der Waals surface area contributed by atoms with Crippen molar-refractivity contribution in [3.63, 3.8) is 0 Å². The van der Waals surface area contributed by atoms with E-state index in [4.69, 9.17) is 0 Å². The van der Waals surface area contributed by atoms with Crippen molar-refractivity contribution in [2.75, 3.05) is 17.1 Å². The largest absolute Gasteiger partial charge is 0.471 e. The first-order chi connectivity index (χ1) is 15.0. The van der Waals surface area contributed by atoms with Crippen LogP contribution in [0.5, 0.6) is 0 Å². The molecule has 6 nitrogen and oxygen atoms in total. The Labute approximate surface area is 183 Å². The summed E-state index contributed by atoms with van der Waals surface area (Å²) in [5, 5.41) is 1.33. The molecule has 2 rings (SSSR count). The third-order valence-electron chi connectivity index (χ3n) is 4.22. The molecule has 2 aromatic rings. The lowest BCUT2D eigenvalue weighted by Crippen LogP contribution is -2.39. The minimum Gasteiger partial charge on any atom is -0.341 e. The van der Waals surface area contributed by atoms with Crippen LogP contribution in [-0.4, -0.2) is 39.1 Å². The van der Waals surface area contributed by atoms with Gasteiger partial charge in [0.2, 0.25) is 10.0 Å². The van der Waals surface area contributed by atoms with Crippen LogP contribution in [0.25, 0.3) is 0 Å². The quantitative estimate of drug-likeness (QED) is 0.465. The topological polar surface area (TPSA) is 83.6 Å². The molecule has 2 aromatic carbocycles. The Morgan fingerprint density at radius 1 is 1.00 bits per heavy atom. The first-order valence-electron chi connectivity index (χ1n) is 8.82. The molecule has 0 aromatic heterocycles. The summed E-state index contributed by atoms with van der Waals surface area (Å²) >= 11 is 0. The molecule has 14 heteroatoms. The third kappa shape index (κ3) is 6.91. The molecule has 0 aliphatic rings. The maximum Gasteiger partial charge on any atom is 0.471 e. The van der Waals surface area contributed by atoms with E-state index >= 15 is 0 Å². The lowest BCUT2D eigenvalue weighted by Gasteiger charge is -2.24. The van der Waals surface area contributed by atoms with E-state index in [1.807, 2.05) is 0 Å². The summed E-state index contributed by atoms with van der Waals surface area (Å²) in [5.74, 6) is -4.56. The van der Waals surface area contributed by atoms with Crippen LogP contribution in [0.4, 0.5) is 36.4 Å². The van der Waals surface area contributed by atoms with Crippen molar-refractivity contribution in [2.45, 2.75) is 18.9 Å². The standard InChI is InChI=1S/C19H15F7N2O4S/c1-33(31,32)28(14-4-2-3-13(8-14)18(21,22)23)10-12-6-5-11(7-15(12)20)16(29)9-27-17(30)19(24,25)26/h2-8H,9-10H2,1H3,(H,27,30). The molecule has 0 fully saturated rings. The van der Waals surface area contributed by atoms with Crippen LogP contribution in [0.2, 0.25) is 0 Å². The number of sulfonamides is 1. The first-order valence-corrected chi connectivity index (χ1v) is 10.7. The lowest BCUT2D eigenvalue weighted by atomic mass is 10.1. The molecule has 0 unspecified atom stereocenters. The summed E-state index contributed by atoms with van der Waals surface area (Å²) in [6.45, 7) is -1.80. The fourth-order valence-corrected chi connectivity index (χ4v) is 3.47. The Hall–Kier alpha value is -3.16. The number of halogens is 7. The number of Topliss-reactive ketones (excluding diaryl/α,β-unsaturated/α-hetero) is 1. The fourth-order valence-electron chi connectivity index (χ4n) is 2.60. The number of carbonyl (C=O) groups excluding carboxylic acids is 2. The molecule has 0 aliphatic heterocycles. The average molecular weight is 500 g/mol. The number of ketones is 1. The monoisotopic (exact) mass is 500 g/mol. The predicted octanol–water partition coefficient (Wildman–Crippen LogP) is 3.67. The summed E-state index contributed by atoms with van der Waals surface area (Å²) in [5.41, 5.74) is -2.25. The van der Waals surface area contributed by atoms with Gasteiger partial charge in [-0.25, -0.2) is 12.8 Å². The second-order valence-electron chi connectivity index (χ2n) is 6.73. The van der Waals surface area contributed by atoms with Crippen molar-refractivity contribution >= 4 is 27.4 Å². The molecule has 0 bridgehead atoms. The minimum atomic E-state index is -5.21. The van der Waals surface area contributed by atoms with E-state index in [2.05, 4.69) is 0 Å². The van der Waals surface area contributed by atoms with Gasteiger partial charge in [-0.15, -0.1) is 0 Å². The summed E-state index contributed by atoms with van der Waals surface area (Å²) in [4.78, 5) is 22.7. The Morgan fingerprint density at radius 2 is 1.64 bits per heavy atom. The Kier molecular flexibility index (Phi) is 7.41. The Morgan fingerprint density at radius 3 is 2.15 bits per heavy atom. The maximum atomic E-state index is 14.5. The van der Waals surface area contributed by atoms with Crippen LogP contribution in [-0.2, 0) is 27.5 Å². The molecule has 0 saturated heterocycles. The molecule has 0 atom stereocenters. The highest BCUT2D eigenvalue weighted by Crippen LogP contribution is 2.33. The minimum absolute atomic E-state index is 0.325. The van der Waals surface area contributed by atoms with E-state index in [9.17, 15) is 48.7 Å². The van der Waals surface area contributed by atoms with Crippen LogP contribution < -0.4 is 9.62 Å². The summed E-state index contributed by atoms with van der Waals surface area (Å²) in [6.07, 6.45) is -9.27. The normalized spacial score (nSPS) is 12.4. The van der Waals surface area contributed by atoms with Crippen molar-refractivity contribution in [2.24, 2.45) is 0 Å². The van der Waals surface area contributed by atoms with Crippen LogP contribution in [0, 0.1) is 5.82 Å². The smallest absolute Gasteiger partial charge is 0.341 e. The summed E-state index contributed by atoms with van der Waals surface area (Å²) in [6, 6.07) is 5.90. The van der Waals surface area contributed by atoms with Crippen molar-refractivity contribution in [3.8, 4) is 0 Å². The van der Waals surface area contributed by atoms with Crippen LogP contribution in [0.1, 0.15) is 21.5 Å². The number of alkyl halides is 6. The highest BCUT2D eigenvalue weighted by molar-refractivity contribution is 7.92. The van der Waals surface area contributed by atoms with E-state index in [-0.39, 0.29) is 11.3 Å². The lowest BCUT2D eigenvalue weighted by molar-refractivity contribution is -0.173. The first kappa shape index (κ1) is 26.1. The van der Waals surface area contributed by atoms with Crippen molar-refractivity contribution in [1.29, 1.82) is 0 Å². The zero-order valence-electron chi connectivity index (χ0n) is 16.6. The maximum absolute atomic E-state index is 14.5. The number of amides is 1. The SMILES string of the molecule is CS(=O)(=O)N(Cc1ccc(C(=O)CNC(=O)C(F)(F)F)cc1F)c1cccc(C(F)(F)F)c1. The fraction of sp³-hybridized carbons (Fsp3) is 0.263. The van der Waals surface area contributed by atoms with Crippen LogP contribution in [0.3, 0.4) is 0 Å². The van der Waals surface area contributed by atoms with Gasteiger partial charge in [0.1, 0.15) is 5.82 Å². The molecular weight excluding hydrogens is 485 g/mol. The van der Waals surface area contributed by atoms with Gasteiger partial charge >= 0.3 is 18.3 Å². The van der Waals surface area contributed by atoms with E-state index < -0.39 is 64.1 Å². The molecule has 1 N–H and O–H groups in total. The van der Waals surface area contributed by atoms with Gasteiger partial charge in [0.15, 0.2) is 5.78 Å². The molecule has 33 heavy (non-hydrogen) atoms. The second-order valence-corrected chi connectivity index (χ2v) is 8.63.